The van der Waals surface area contributed by atoms with Crippen molar-refractivity contribution in [1.82, 2.24) is 38.7 Å². The third kappa shape index (κ3) is 11.6. The topological polar surface area (TPSA) is 226 Å². The number of rotatable bonds is 16. The number of aromatic carboxylic acids is 4. The van der Waals surface area contributed by atoms with Crippen LogP contribution in [0.1, 0.15) is 104 Å². The third-order valence-electron chi connectivity index (χ3n) is 10.7. The van der Waals surface area contributed by atoms with Crippen LogP contribution in [0.5, 0.6) is 0 Å². The molecule has 8 aromatic rings. The molecule has 0 aliphatic rings. The number of carbonyl (C=O) groups excluding carboxylic acids is 2. The molecule has 0 aliphatic heterocycles. The van der Waals surface area contributed by atoms with Crippen LogP contribution < -0.4 is 69.3 Å². The van der Waals surface area contributed by atoms with Crippen molar-refractivity contribution in [2.45, 2.75) is 65.5 Å². The molecule has 0 unspecified atom stereocenters. The molecular formula is C46H38Br2Cl2N8Na2O8. The molecule has 16 nitrogen and oxygen atoms in total. The number of carboxylic acid groups (broad SMARTS) is 4. The quantitative estimate of drug-likeness (QED) is 0.133. The van der Waals surface area contributed by atoms with Crippen molar-refractivity contribution in [1.29, 1.82) is 0 Å². The molecule has 0 radical (unpaired) electrons. The van der Waals surface area contributed by atoms with E-state index in [9.17, 15) is 39.6 Å². The van der Waals surface area contributed by atoms with Gasteiger partial charge in [-0.2, -0.15) is 10.2 Å². The van der Waals surface area contributed by atoms with Gasteiger partial charge in [0.25, 0.3) is 0 Å². The summed E-state index contributed by atoms with van der Waals surface area (Å²) in [5, 5.41) is 52.9. The van der Waals surface area contributed by atoms with Crippen LogP contribution in [0, 0.1) is 0 Å². The van der Waals surface area contributed by atoms with Gasteiger partial charge in [-0.3, -0.25) is 0 Å². The number of unbranched alkanes of at least 4 members (excludes halogenated alkanes) is 2. The number of hydrogen-bond donors (Lipinski definition) is 2. The number of halogens is 4. The van der Waals surface area contributed by atoms with Crippen molar-refractivity contribution in [2.75, 3.05) is 0 Å². The summed E-state index contributed by atoms with van der Waals surface area (Å²) in [7, 11) is 0. The first-order chi connectivity index (χ1) is 31.6. The number of benzene rings is 4. The molecule has 0 amide bonds. The van der Waals surface area contributed by atoms with E-state index in [1.165, 1.54) is 21.5 Å². The molecule has 2 N–H and O–H groups in total. The predicted octanol–water partition coefficient (Wildman–Crippen LogP) is 2.19. The first-order valence-corrected chi connectivity index (χ1v) is 22.9. The Bertz CT molecular complexity index is 2980. The summed E-state index contributed by atoms with van der Waals surface area (Å²) in [6.07, 6.45) is 4.75. The summed E-state index contributed by atoms with van der Waals surface area (Å²) in [6, 6.07) is 24.2. The number of fused-ring (bicyclic) bond motifs is 2. The summed E-state index contributed by atoms with van der Waals surface area (Å²) >= 11 is 19.3. The Morgan fingerprint density at radius 3 is 1.31 bits per heavy atom. The molecule has 4 aromatic heterocycles. The number of imidazole rings is 2. The fourth-order valence-electron chi connectivity index (χ4n) is 7.48. The molecule has 0 saturated carbocycles. The zero-order valence-electron chi connectivity index (χ0n) is 37.2. The SMILES string of the molecule is CCCCc1nc(Cl)c(C(=O)[O-])n1Cc1ccc2nn(-c3ccccc3C(=O)O)c(Br)c2c1.CCCCc1nc(Cl)c(C(=O)[O-])n1Cc1ccc2nn(-c3ccccc3C(=O)O)c(Br)c2c1.[Na+].[Na+]. The van der Waals surface area contributed by atoms with Gasteiger partial charge in [0.1, 0.15) is 32.2 Å². The summed E-state index contributed by atoms with van der Waals surface area (Å²) < 4.78 is 7.39. The largest absolute Gasteiger partial charge is 1.00 e. The van der Waals surface area contributed by atoms with Crippen LogP contribution in [-0.4, -0.2) is 72.8 Å². The number of para-hydroxylation sites is 2. The van der Waals surface area contributed by atoms with Crippen LogP contribution >= 0.6 is 55.1 Å². The van der Waals surface area contributed by atoms with E-state index in [4.69, 9.17) is 23.2 Å². The van der Waals surface area contributed by atoms with Crippen molar-refractivity contribution in [3.05, 3.63) is 150 Å². The van der Waals surface area contributed by atoms with Gasteiger partial charge in [0.2, 0.25) is 0 Å². The van der Waals surface area contributed by atoms with E-state index in [0.717, 1.165) is 47.6 Å². The minimum Gasteiger partial charge on any atom is -0.543 e. The molecule has 0 spiro atoms. The molecular weight excluding hydrogens is 1070 g/mol. The maximum Gasteiger partial charge on any atom is 1.00 e. The van der Waals surface area contributed by atoms with Crippen molar-refractivity contribution >= 4 is 101 Å². The zero-order chi connectivity index (χ0) is 47.4. The number of nitrogens with zero attached hydrogens (tertiary/aromatic N) is 8. The third-order valence-corrected chi connectivity index (χ3v) is 12.7. The maximum atomic E-state index is 11.7. The molecule has 4 aromatic carbocycles. The van der Waals surface area contributed by atoms with Crippen LogP contribution in [-0.2, 0) is 25.9 Å². The Labute approximate surface area is 460 Å². The van der Waals surface area contributed by atoms with Gasteiger partial charge in [-0.25, -0.2) is 28.9 Å². The number of aromatic nitrogens is 8. The zero-order valence-corrected chi connectivity index (χ0v) is 45.9. The number of hydrogen-bond acceptors (Lipinski definition) is 10. The molecule has 0 aliphatic carbocycles. The van der Waals surface area contributed by atoms with Gasteiger partial charge in [0, 0.05) is 36.7 Å². The Morgan fingerprint density at radius 2 is 0.971 bits per heavy atom. The first kappa shape index (κ1) is 54.6. The monoisotopic (exact) mass is 1100 g/mol. The van der Waals surface area contributed by atoms with E-state index in [1.807, 2.05) is 38.1 Å². The smallest absolute Gasteiger partial charge is 0.543 e. The van der Waals surface area contributed by atoms with E-state index in [2.05, 4.69) is 52.0 Å². The summed E-state index contributed by atoms with van der Waals surface area (Å²) in [5.41, 5.74) is 3.74. The Hall–Kier alpha value is -4.34. The van der Waals surface area contributed by atoms with E-state index in [1.54, 1.807) is 57.7 Å². The molecule has 8 rings (SSSR count). The van der Waals surface area contributed by atoms with Crippen molar-refractivity contribution in [3.63, 3.8) is 0 Å². The van der Waals surface area contributed by atoms with Gasteiger partial charge in [0.05, 0.1) is 45.5 Å². The van der Waals surface area contributed by atoms with Crippen molar-refractivity contribution < 1.29 is 98.7 Å². The van der Waals surface area contributed by atoms with Gasteiger partial charge < -0.3 is 39.1 Å². The van der Waals surface area contributed by atoms with E-state index in [0.29, 0.717) is 56.1 Å². The number of aryl methyl sites for hydroxylation is 2. The minimum atomic E-state index is -1.38. The average molecular weight is 1110 g/mol. The van der Waals surface area contributed by atoms with Gasteiger partial charge >= 0.3 is 71.1 Å². The summed E-state index contributed by atoms with van der Waals surface area (Å²) in [5.74, 6) is -3.68. The molecule has 0 atom stereocenters. The number of carboxylic acids is 4. The van der Waals surface area contributed by atoms with Crippen molar-refractivity contribution in [2.24, 2.45) is 0 Å². The van der Waals surface area contributed by atoms with Gasteiger partial charge in [0.15, 0.2) is 10.3 Å². The standard InChI is InChI=1S/2C23H20BrClN4O4.2Na/c2*1-2-3-8-18-26-21(25)19(23(32)33)28(18)12-13-9-10-16-15(11-13)20(24)29(27-16)17-7-5-4-6-14(17)22(30)31;;/h2*4-7,9-11H,2-3,8,12H2,1H3,(H,30,31)(H,32,33);;/q;;2*+1/p-2. The van der Waals surface area contributed by atoms with Crippen LogP contribution in [0.4, 0.5) is 0 Å². The van der Waals surface area contributed by atoms with E-state index < -0.39 is 23.9 Å². The molecule has 0 bridgehead atoms. The van der Waals surface area contributed by atoms with Gasteiger partial charge in [-0.05, 0) is 104 Å². The van der Waals surface area contributed by atoms with Crippen LogP contribution in [0.2, 0.25) is 10.3 Å². The second-order valence-corrected chi connectivity index (χ2v) is 17.3. The first-order valence-electron chi connectivity index (χ1n) is 20.6. The fourth-order valence-corrected chi connectivity index (χ4v) is 9.21. The molecule has 0 fully saturated rings. The number of carbonyl (C=O) groups is 4. The van der Waals surface area contributed by atoms with Crippen LogP contribution in [0.25, 0.3) is 33.2 Å². The second kappa shape index (κ2) is 24.0. The Morgan fingerprint density at radius 1 is 0.603 bits per heavy atom. The average Bonchev–Trinajstić information content (AvgIpc) is 4.00. The maximum absolute atomic E-state index is 11.7. The summed E-state index contributed by atoms with van der Waals surface area (Å²) in [6.45, 7) is 4.56. The van der Waals surface area contributed by atoms with Gasteiger partial charge in [-0.15, -0.1) is 0 Å². The van der Waals surface area contributed by atoms with E-state index in [-0.39, 0.29) is 105 Å². The molecule has 340 valence electrons. The van der Waals surface area contributed by atoms with Gasteiger partial charge in [-0.1, -0.05) is 86.3 Å². The summed E-state index contributed by atoms with van der Waals surface area (Å²) in [4.78, 5) is 55.2. The second-order valence-electron chi connectivity index (χ2n) is 15.0. The molecule has 22 heteroatoms. The predicted molar refractivity (Wildman–Crippen MR) is 250 cm³/mol. The van der Waals surface area contributed by atoms with Crippen LogP contribution in [0.15, 0.2) is 94.1 Å². The molecule has 68 heavy (non-hydrogen) atoms. The molecule has 0 saturated heterocycles. The normalized spacial score (nSPS) is 10.9. The van der Waals surface area contributed by atoms with E-state index >= 15 is 0 Å². The van der Waals surface area contributed by atoms with Crippen molar-refractivity contribution in [3.8, 4) is 11.4 Å². The fraction of sp³-hybridized carbons (Fsp3) is 0.217. The van der Waals surface area contributed by atoms with Crippen LogP contribution in [0.3, 0.4) is 0 Å². The molecule has 4 heterocycles. The Kier molecular flexibility index (Phi) is 19.3. The Balaban J connectivity index is 0.000000247. The minimum absolute atomic E-state index is 0.